The summed E-state index contributed by atoms with van der Waals surface area (Å²) in [6, 6.07) is 9.71. The first-order valence-electron chi connectivity index (χ1n) is 12.7. The van der Waals surface area contributed by atoms with Gasteiger partial charge in [0.2, 0.25) is 16.0 Å². The zero-order valence-corrected chi connectivity index (χ0v) is 22.9. The Morgan fingerprint density at radius 1 is 1.08 bits per heavy atom. The van der Waals surface area contributed by atoms with Gasteiger partial charge in [-0.2, -0.15) is 0 Å². The van der Waals surface area contributed by atoms with Gasteiger partial charge in [-0.15, -0.1) is 0 Å². The third-order valence-electron chi connectivity index (χ3n) is 7.37. The average molecular weight is 536 g/mol. The van der Waals surface area contributed by atoms with Gasteiger partial charge in [-0.1, -0.05) is 6.07 Å². The van der Waals surface area contributed by atoms with E-state index in [0.29, 0.717) is 24.1 Å². The van der Waals surface area contributed by atoms with Crippen LogP contribution in [0, 0.1) is 13.8 Å². The number of benzene rings is 1. The van der Waals surface area contributed by atoms with Crippen molar-refractivity contribution in [2.75, 3.05) is 22.8 Å². The van der Waals surface area contributed by atoms with Crippen molar-refractivity contribution in [3.8, 4) is 0 Å². The first kappa shape index (κ1) is 26.1. The second-order valence-corrected chi connectivity index (χ2v) is 12.1. The lowest BCUT2D eigenvalue weighted by Crippen LogP contribution is -2.50. The molecule has 0 aliphatic carbocycles. The quantitative estimate of drug-likeness (QED) is 0.491. The molecule has 2 atom stereocenters. The number of rotatable bonds is 6. The van der Waals surface area contributed by atoms with Crippen LogP contribution in [0.2, 0.25) is 0 Å². The number of carbonyl (C=O) groups excluding carboxylic acids is 1. The number of hydrogen-bond donors (Lipinski definition) is 2. The number of sulfonamides is 1. The highest BCUT2D eigenvalue weighted by Crippen LogP contribution is 2.31. The summed E-state index contributed by atoms with van der Waals surface area (Å²) < 4.78 is 25.4. The van der Waals surface area contributed by atoms with Gasteiger partial charge in [0.1, 0.15) is 5.82 Å². The van der Waals surface area contributed by atoms with Gasteiger partial charge in [0.05, 0.1) is 11.9 Å². The van der Waals surface area contributed by atoms with Crippen LogP contribution in [0.15, 0.2) is 42.7 Å². The van der Waals surface area contributed by atoms with Gasteiger partial charge in [-0.05, 0) is 69.0 Å². The Labute approximate surface area is 223 Å². The normalized spacial score (nSPS) is 19.7. The number of piperidine rings is 1. The molecule has 38 heavy (non-hydrogen) atoms. The SMILES string of the molecule is Cc1ccc(Nc2ncc3c(n2)CN([C@H]2CCN(C(=O)c4ccnc(NS(C)(=O)=O)c4)[C@H](C)C2)C3)cc1C. The highest BCUT2D eigenvalue weighted by Gasteiger charge is 2.35. The van der Waals surface area contributed by atoms with Crippen molar-refractivity contribution in [1.82, 2.24) is 24.8 Å². The molecule has 11 heteroatoms. The number of nitrogens with zero attached hydrogens (tertiary/aromatic N) is 5. The van der Waals surface area contributed by atoms with Crippen LogP contribution in [-0.4, -0.2) is 64.0 Å². The van der Waals surface area contributed by atoms with E-state index >= 15 is 0 Å². The van der Waals surface area contributed by atoms with E-state index in [9.17, 15) is 13.2 Å². The van der Waals surface area contributed by atoms with Crippen LogP contribution in [0.3, 0.4) is 0 Å². The number of pyridine rings is 1. The van der Waals surface area contributed by atoms with Crippen molar-refractivity contribution >= 4 is 33.4 Å². The molecular weight excluding hydrogens is 502 g/mol. The van der Waals surface area contributed by atoms with E-state index in [1.54, 1.807) is 6.07 Å². The Morgan fingerprint density at radius 2 is 1.89 bits per heavy atom. The number of aryl methyl sites for hydroxylation is 2. The fraction of sp³-hybridized carbons (Fsp3) is 0.407. The van der Waals surface area contributed by atoms with Crippen LogP contribution in [0.1, 0.15) is 52.5 Å². The van der Waals surface area contributed by atoms with Gasteiger partial charge in [0.25, 0.3) is 5.91 Å². The zero-order chi connectivity index (χ0) is 27.0. The summed E-state index contributed by atoms with van der Waals surface area (Å²) in [5.74, 6) is 0.625. The second-order valence-electron chi connectivity index (χ2n) is 10.3. The minimum Gasteiger partial charge on any atom is -0.336 e. The summed E-state index contributed by atoms with van der Waals surface area (Å²) in [5, 5.41) is 3.33. The molecule has 0 radical (unpaired) electrons. The Kier molecular flexibility index (Phi) is 7.06. The number of anilines is 3. The average Bonchev–Trinajstić information content (AvgIpc) is 3.28. The molecule has 2 aliphatic heterocycles. The van der Waals surface area contributed by atoms with Gasteiger partial charge in [0, 0.05) is 60.9 Å². The van der Waals surface area contributed by atoms with Crippen LogP contribution in [-0.2, 0) is 23.1 Å². The van der Waals surface area contributed by atoms with Gasteiger partial charge >= 0.3 is 0 Å². The lowest BCUT2D eigenvalue weighted by molar-refractivity contribution is 0.0460. The molecule has 1 fully saturated rings. The highest BCUT2D eigenvalue weighted by atomic mass is 32.2. The predicted molar refractivity (Wildman–Crippen MR) is 147 cm³/mol. The third kappa shape index (κ3) is 5.78. The van der Waals surface area contributed by atoms with Crippen LogP contribution in [0.25, 0.3) is 0 Å². The number of nitrogens with one attached hydrogen (secondary N) is 2. The summed E-state index contributed by atoms with van der Waals surface area (Å²) in [6.07, 6.45) is 6.12. The van der Waals surface area contributed by atoms with Crippen molar-refractivity contribution in [3.63, 3.8) is 0 Å². The Bertz CT molecular complexity index is 1480. The van der Waals surface area contributed by atoms with Crippen molar-refractivity contribution in [2.45, 2.75) is 58.8 Å². The minimum absolute atomic E-state index is 0.0394. The first-order valence-corrected chi connectivity index (χ1v) is 14.6. The number of amides is 1. The number of fused-ring (bicyclic) bond motifs is 1. The maximum atomic E-state index is 13.2. The van der Waals surface area contributed by atoms with E-state index in [-0.39, 0.29) is 17.8 Å². The first-order chi connectivity index (χ1) is 18.1. The largest absolute Gasteiger partial charge is 0.336 e. The van der Waals surface area contributed by atoms with Crippen LogP contribution in [0.5, 0.6) is 0 Å². The molecule has 0 bridgehead atoms. The molecule has 0 saturated carbocycles. The molecule has 4 heterocycles. The van der Waals surface area contributed by atoms with Gasteiger partial charge in [0.15, 0.2) is 0 Å². The van der Waals surface area contributed by atoms with Gasteiger partial charge < -0.3 is 10.2 Å². The van der Waals surface area contributed by atoms with Gasteiger partial charge in [-0.25, -0.2) is 23.4 Å². The van der Waals surface area contributed by atoms with Crippen LogP contribution in [0.4, 0.5) is 17.5 Å². The smallest absolute Gasteiger partial charge is 0.254 e. The highest BCUT2D eigenvalue weighted by molar-refractivity contribution is 7.92. The fourth-order valence-electron chi connectivity index (χ4n) is 5.20. The number of likely N-dealkylation sites (tertiary alicyclic amines) is 1. The van der Waals surface area contributed by atoms with Crippen LogP contribution < -0.4 is 10.0 Å². The Morgan fingerprint density at radius 3 is 2.63 bits per heavy atom. The maximum absolute atomic E-state index is 13.2. The Hall–Kier alpha value is -3.57. The molecule has 1 amide bonds. The van der Waals surface area contributed by atoms with E-state index in [0.717, 1.165) is 49.1 Å². The van der Waals surface area contributed by atoms with E-state index in [4.69, 9.17) is 4.98 Å². The number of hydrogen-bond acceptors (Lipinski definition) is 8. The van der Waals surface area contributed by atoms with E-state index < -0.39 is 10.0 Å². The molecule has 5 rings (SSSR count). The molecule has 0 spiro atoms. The molecule has 200 valence electrons. The lowest BCUT2D eigenvalue weighted by atomic mass is 9.96. The summed E-state index contributed by atoms with van der Waals surface area (Å²) in [4.78, 5) is 30.9. The second kappa shape index (κ2) is 10.3. The Balaban J connectivity index is 1.21. The van der Waals surface area contributed by atoms with Crippen molar-refractivity contribution in [2.24, 2.45) is 0 Å². The van der Waals surface area contributed by atoms with E-state index in [1.807, 2.05) is 17.2 Å². The van der Waals surface area contributed by atoms with Crippen molar-refractivity contribution in [1.29, 1.82) is 0 Å². The predicted octanol–water partition coefficient (Wildman–Crippen LogP) is 3.61. The molecular formula is C27H33N7O3S. The molecule has 2 N–H and O–H groups in total. The molecule has 10 nitrogen and oxygen atoms in total. The number of aromatic nitrogens is 3. The monoisotopic (exact) mass is 535 g/mol. The topological polar surface area (TPSA) is 120 Å². The summed E-state index contributed by atoms with van der Waals surface area (Å²) in [5.41, 5.74) is 6.05. The van der Waals surface area contributed by atoms with Crippen LogP contribution >= 0.6 is 0 Å². The zero-order valence-electron chi connectivity index (χ0n) is 22.1. The lowest BCUT2D eigenvalue weighted by Gasteiger charge is -2.41. The summed E-state index contributed by atoms with van der Waals surface area (Å²) in [6.45, 7) is 8.43. The fourth-order valence-corrected chi connectivity index (χ4v) is 5.69. The maximum Gasteiger partial charge on any atom is 0.254 e. The number of carbonyl (C=O) groups is 1. The summed E-state index contributed by atoms with van der Waals surface area (Å²) in [7, 11) is -3.47. The standard InChI is InChI=1S/C27H33N7O3S/c1-17-5-6-22(11-18(17)2)30-27-29-14-21-15-33(16-24(21)31-27)23-8-10-34(19(3)12-23)26(35)20-7-9-28-25(13-20)32-38(4,36)37/h5-7,9,11,13-14,19,23H,8,10,12,15-16H2,1-4H3,(H,28,32)(H,29,30,31)/t19-,23+/m1/s1. The van der Waals surface area contributed by atoms with Gasteiger partial charge in [-0.3, -0.25) is 14.4 Å². The molecule has 1 saturated heterocycles. The van der Waals surface area contributed by atoms with Crippen molar-refractivity contribution < 1.29 is 13.2 Å². The molecule has 2 aromatic heterocycles. The van der Waals surface area contributed by atoms with E-state index in [2.05, 4.69) is 57.8 Å². The van der Waals surface area contributed by atoms with Crippen molar-refractivity contribution in [3.05, 3.63) is 70.7 Å². The third-order valence-corrected chi connectivity index (χ3v) is 7.95. The minimum atomic E-state index is -3.47. The summed E-state index contributed by atoms with van der Waals surface area (Å²) >= 11 is 0. The molecule has 2 aliphatic rings. The van der Waals surface area contributed by atoms with E-state index in [1.165, 1.54) is 23.4 Å². The molecule has 1 aromatic carbocycles. The molecule has 0 unspecified atom stereocenters. The molecule has 3 aromatic rings.